The van der Waals surface area contributed by atoms with Gasteiger partial charge in [-0.15, -0.1) is 11.3 Å². The smallest absolute Gasteiger partial charge is 0.352 e. The largest absolute Gasteiger partial charge is 0.479 e. The highest BCUT2D eigenvalue weighted by molar-refractivity contribution is 7.90. The molecule has 3 aromatic rings. The summed E-state index contributed by atoms with van der Waals surface area (Å²) in [5, 5.41) is 14.9. The average Bonchev–Trinajstić information content (AvgIpc) is 3.35. The SMILES string of the molecule is CCOC(=O)COc1c(C(=O)OC(C)(C)C)sc(-c2cccc(NC3CCN(S(=O)(=O)C(C)(C)c4cccc([N+](=O)[O-])c4)CC3)c2)c1Cl. The van der Waals surface area contributed by atoms with Gasteiger partial charge in [0.1, 0.15) is 15.4 Å². The van der Waals surface area contributed by atoms with Gasteiger partial charge in [0.15, 0.2) is 17.2 Å². The van der Waals surface area contributed by atoms with E-state index in [1.165, 1.54) is 22.5 Å². The fourth-order valence-electron chi connectivity index (χ4n) is 5.20. The molecule has 1 aliphatic rings. The first-order valence-electron chi connectivity index (χ1n) is 15.4. The second kappa shape index (κ2) is 14.8. The van der Waals surface area contributed by atoms with Crippen LogP contribution in [0, 0.1) is 10.1 Å². The van der Waals surface area contributed by atoms with Crippen LogP contribution in [0.4, 0.5) is 11.4 Å². The van der Waals surface area contributed by atoms with Crippen LogP contribution in [0.25, 0.3) is 10.4 Å². The Morgan fingerprint density at radius 3 is 2.38 bits per heavy atom. The monoisotopic (exact) mass is 721 g/mol. The molecule has 12 nitrogen and oxygen atoms in total. The minimum Gasteiger partial charge on any atom is -0.479 e. The van der Waals surface area contributed by atoms with Crippen molar-refractivity contribution in [1.82, 2.24) is 4.31 Å². The molecule has 48 heavy (non-hydrogen) atoms. The lowest BCUT2D eigenvalue weighted by molar-refractivity contribution is -0.384. The molecule has 0 radical (unpaired) electrons. The van der Waals surface area contributed by atoms with E-state index in [2.05, 4.69) is 5.32 Å². The van der Waals surface area contributed by atoms with Crippen LogP contribution in [0.1, 0.15) is 69.6 Å². The number of thiophene rings is 1. The molecule has 1 N–H and O–H groups in total. The van der Waals surface area contributed by atoms with Crippen molar-refractivity contribution in [2.24, 2.45) is 0 Å². The van der Waals surface area contributed by atoms with Crippen molar-refractivity contribution in [2.45, 2.75) is 70.8 Å². The van der Waals surface area contributed by atoms with Crippen LogP contribution in [-0.4, -0.2) is 67.5 Å². The zero-order valence-electron chi connectivity index (χ0n) is 27.7. The number of nitrogens with zero attached hydrogens (tertiary/aromatic N) is 2. The fraction of sp³-hybridized carbons (Fsp3) is 0.455. The van der Waals surface area contributed by atoms with E-state index in [-0.39, 0.29) is 47.1 Å². The van der Waals surface area contributed by atoms with Crippen LogP contribution in [0.15, 0.2) is 48.5 Å². The van der Waals surface area contributed by atoms with Crippen LogP contribution in [0.3, 0.4) is 0 Å². The number of halogens is 1. The summed E-state index contributed by atoms with van der Waals surface area (Å²) < 4.78 is 43.7. The molecule has 0 aliphatic carbocycles. The van der Waals surface area contributed by atoms with Crippen LogP contribution in [0.5, 0.6) is 5.75 Å². The number of hydrogen-bond acceptors (Lipinski definition) is 11. The van der Waals surface area contributed by atoms with E-state index in [1.54, 1.807) is 47.6 Å². The Balaban J connectivity index is 1.50. The van der Waals surface area contributed by atoms with Crippen molar-refractivity contribution in [3.63, 3.8) is 0 Å². The first-order chi connectivity index (χ1) is 22.4. The van der Waals surface area contributed by atoms with E-state index in [9.17, 15) is 28.1 Å². The Kier molecular flexibility index (Phi) is 11.4. The minimum atomic E-state index is -3.84. The number of carbonyl (C=O) groups is 2. The molecule has 260 valence electrons. The number of sulfonamides is 1. The molecule has 0 unspecified atom stereocenters. The topological polar surface area (TPSA) is 154 Å². The second-order valence-corrected chi connectivity index (χ2v) is 16.6. The van der Waals surface area contributed by atoms with Crippen molar-refractivity contribution >= 4 is 56.3 Å². The molecule has 1 aliphatic heterocycles. The number of ether oxygens (including phenoxy) is 3. The number of hydrogen-bond donors (Lipinski definition) is 1. The van der Waals surface area contributed by atoms with Crippen LogP contribution in [0.2, 0.25) is 5.02 Å². The number of non-ortho nitro benzene ring substituents is 1. The van der Waals surface area contributed by atoms with Gasteiger partial charge in [0.2, 0.25) is 10.0 Å². The molecule has 2 aromatic carbocycles. The molecule has 1 saturated heterocycles. The highest BCUT2D eigenvalue weighted by Gasteiger charge is 2.42. The summed E-state index contributed by atoms with van der Waals surface area (Å²) in [7, 11) is -3.84. The van der Waals surface area contributed by atoms with Gasteiger partial charge in [-0.2, -0.15) is 0 Å². The van der Waals surface area contributed by atoms with E-state index in [0.29, 0.717) is 28.8 Å². The van der Waals surface area contributed by atoms with Gasteiger partial charge in [0, 0.05) is 37.0 Å². The zero-order valence-corrected chi connectivity index (χ0v) is 30.1. The quantitative estimate of drug-likeness (QED) is 0.117. The van der Waals surface area contributed by atoms with Crippen molar-refractivity contribution in [1.29, 1.82) is 0 Å². The lowest BCUT2D eigenvalue weighted by Gasteiger charge is -2.37. The number of nitro groups is 1. The molecule has 2 heterocycles. The standard InChI is InChI=1S/C33H40ClN3O9S2/c1-7-44-26(38)20-45-28-27(34)29(47-30(28)31(39)46-32(2,3)4)21-10-8-12-24(18-21)35-23-14-16-36(17-15-23)48(42,43)33(5,6)22-11-9-13-25(19-22)37(40)41/h8-13,18-19,23,35H,7,14-17,20H2,1-6H3. The van der Waals surface area contributed by atoms with Gasteiger partial charge in [-0.05, 0) is 77.6 Å². The summed E-state index contributed by atoms with van der Waals surface area (Å²) in [5.41, 5.74) is 0.882. The highest BCUT2D eigenvalue weighted by Crippen LogP contribution is 2.46. The molecule has 0 bridgehead atoms. The van der Waals surface area contributed by atoms with Crippen LogP contribution < -0.4 is 10.1 Å². The van der Waals surface area contributed by atoms with Crippen LogP contribution in [-0.2, 0) is 29.0 Å². The molecular formula is C33H40ClN3O9S2. The molecule has 0 saturated carbocycles. The maximum Gasteiger partial charge on any atom is 0.352 e. The normalized spacial score (nSPS) is 14.7. The van der Waals surface area contributed by atoms with E-state index < -0.39 is 43.8 Å². The Labute approximate surface area is 289 Å². The Bertz CT molecular complexity index is 1780. The Morgan fingerprint density at radius 1 is 1.08 bits per heavy atom. The Hall–Kier alpha value is -3.72. The summed E-state index contributed by atoms with van der Waals surface area (Å²) in [4.78, 5) is 36.5. The molecule has 0 atom stereocenters. The van der Waals surface area contributed by atoms with Gasteiger partial charge in [0.25, 0.3) is 5.69 Å². The number of nitrogens with one attached hydrogen (secondary N) is 1. The maximum atomic E-state index is 13.7. The Morgan fingerprint density at radius 2 is 1.75 bits per heavy atom. The number of nitro benzene ring substituents is 1. The summed E-state index contributed by atoms with van der Waals surface area (Å²) >= 11 is 7.85. The third-order valence-corrected chi connectivity index (χ3v) is 12.0. The molecule has 1 fully saturated rings. The predicted molar refractivity (Wildman–Crippen MR) is 185 cm³/mol. The molecular weight excluding hydrogens is 682 g/mol. The van der Waals surface area contributed by atoms with Crippen molar-refractivity contribution in [2.75, 3.05) is 31.6 Å². The minimum absolute atomic E-state index is 0.0350. The number of piperidine rings is 1. The summed E-state index contributed by atoms with van der Waals surface area (Å²) in [6, 6.07) is 13.1. The zero-order chi connectivity index (χ0) is 35.4. The summed E-state index contributed by atoms with van der Waals surface area (Å²) in [5.74, 6) is -1.20. The molecule has 1 aromatic heterocycles. The lowest BCUT2D eigenvalue weighted by atomic mass is 10.0. The predicted octanol–water partition coefficient (Wildman–Crippen LogP) is 7.02. The van der Waals surface area contributed by atoms with Crippen molar-refractivity contribution < 1.29 is 37.1 Å². The van der Waals surface area contributed by atoms with E-state index in [4.69, 9.17) is 25.8 Å². The number of carbonyl (C=O) groups excluding carboxylic acids is 2. The molecule has 0 amide bonds. The summed E-state index contributed by atoms with van der Waals surface area (Å²) in [6.07, 6.45) is 1.06. The third-order valence-electron chi connectivity index (χ3n) is 7.72. The van der Waals surface area contributed by atoms with Crippen molar-refractivity contribution in [3.8, 4) is 16.2 Å². The fourth-order valence-corrected chi connectivity index (χ4v) is 8.40. The highest BCUT2D eigenvalue weighted by atomic mass is 35.5. The first-order valence-corrected chi connectivity index (χ1v) is 18.0. The summed E-state index contributed by atoms with van der Waals surface area (Å²) in [6.45, 7) is 10.3. The van der Waals surface area contributed by atoms with E-state index in [0.717, 1.165) is 17.0 Å². The number of benzene rings is 2. The number of anilines is 1. The number of rotatable bonds is 12. The van der Waals surface area contributed by atoms with Gasteiger partial charge in [-0.25, -0.2) is 22.3 Å². The average molecular weight is 722 g/mol. The first kappa shape index (κ1) is 37.1. The van der Waals surface area contributed by atoms with Crippen LogP contribution >= 0.6 is 22.9 Å². The lowest BCUT2D eigenvalue weighted by Crippen LogP contribution is -2.48. The van der Waals surface area contributed by atoms with Gasteiger partial charge in [0.05, 0.1) is 16.4 Å². The van der Waals surface area contributed by atoms with Crippen molar-refractivity contribution in [3.05, 3.63) is 74.1 Å². The second-order valence-electron chi connectivity index (χ2n) is 12.7. The van der Waals surface area contributed by atoms with Gasteiger partial charge >= 0.3 is 11.9 Å². The molecule has 4 rings (SSSR count). The van der Waals surface area contributed by atoms with Gasteiger partial charge in [-0.3, -0.25) is 10.1 Å². The number of esters is 2. The molecule has 0 spiro atoms. The van der Waals surface area contributed by atoms with E-state index >= 15 is 0 Å². The van der Waals surface area contributed by atoms with Gasteiger partial charge < -0.3 is 19.5 Å². The third kappa shape index (κ3) is 8.46. The van der Waals surface area contributed by atoms with Gasteiger partial charge in [-0.1, -0.05) is 35.9 Å². The maximum absolute atomic E-state index is 13.7. The molecule has 15 heteroatoms. The van der Waals surface area contributed by atoms with E-state index in [1.807, 2.05) is 24.3 Å².